The summed E-state index contributed by atoms with van der Waals surface area (Å²) in [5.74, 6) is -8.31. The highest BCUT2D eigenvalue weighted by Gasteiger charge is 2.24. The molecule has 1 unspecified atom stereocenters. The van der Waals surface area contributed by atoms with E-state index in [-0.39, 0.29) is 11.6 Å². The fourth-order valence-corrected chi connectivity index (χ4v) is 3.17. The summed E-state index contributed by atoms with van der Waals surface area (Å²) in [6.07, 6.45) is -6.33. The Morgan fingerprint density at radius 2 is 1.03 bits per heavy atom. The van der Waals surface area contributed by atoms with Gasteiger partial charge in [0.1, 0.15) is 34.9 Å². The minimum Gasteiger partial charge on any atom is -0.389 e. The number of alkyl halides is 3. The molecule has 0 aliphatic carbocycles. The number of allylic oxidation sites excluding steroid dienone is 1. The van der Waals surface area contributed by atoms with Crippen LogP contribution in [0.5, 0.6) is 0 Å². The summed E-state index contributed by atoms with van der Waals surface area (Å²) < 4.78 is 123. The molecule has 33 heavy (non-hydrogen) atoms. The van der Waals surface area contributed by atoms with Crippen molar-refractivity contribution in [2.24, 2.45) is 0 Å². The van der Waals surface area contributed by atoms with Gasteiger partial charge < -0.3 is 5.11 Å². The average molecular weight is 476 g/mol. The first kappa shape index (κ1) is 24.4. The van der Waals surface area contributed by atoms with E-state index in [1.54, 1.807) is 0 Å². The Labute approximate surface area is 181 Å². The second-order valence-electron chi connectivity index (χ2n) is 7.08. The Morgan fingerprint density at radius 1 is 0.667 bits per heavy atom. The average Bonchev–Trinajstić information content (AvgIpc) is 2.65. The van der Waals surface area contributed by atoms with Crippen LogP contribution in [-0.4, -0.2) is 11.3 Å². The van der Waals surface area contributed by atoms with E-state index < -0.39 is 81.1 Å². The lowest BCUT2D eigenvalue weighted by atomic mass is 9.96. The summed E-state index contributed by atoms with van der Waals surface area (Å²) in [5, 5.41) is 9.45. The highest BCUT2D eigenvalue weighted by atomic mass is 19.4. The van der Waals surface area contributed by atoms with E-state index >= 15 is 0 Å². The molecule has 1 atom stereocenters. The predicted molar refractivity (Wildman–Crippen MR) is 103 cm³/mol. The van der Waals surface area contributed by atoms with Crippen molar-refractivity contribution in [1.29, 1.82) is 0 Å². The first-order valence-electron chi connectivity index (χ1n) is 9.20. The molecule has 0 heterocycles. The molecule has 0 aliphatic heterocycles. The number of hydrogen-bond acceptors (Lipinski definition) is 1. The lowest BCUT2D eigenvalue weighted by molar-refractivity contribution is -0.0790. The fraction of sp³-hybridized carbons (Fsp3) is 0.130. The van der Waals surface area contributed by atoms with Gasteiger partial charge in [-0.05, 0) is 66.1 Å². The molecule has 0 aromatic heterocycles. The molecular formula is C23H13F9O. The molecule has 174 valence electrons. The van der Waals surface area contributed by atoms with Gasteiger partial charge in [-0.25, -0.2) is 26.3 Å². The summed E-state index contributed by atoms with van der Waals surface area (Å²) >= 11 is 0. The topological polar surface area (TPSA) is 20.2 Å². The Bertz CT molecular complexity index is 1170. The zero-order chi connectivity index (χ0) is 24.7. The van der Waals surface area contributed by atoms with Crippen LogP contribution in [-0.2, 0) is 0 Å². The van der Waals surface area contributed by atoms with Gasteiger partial charge in [-0.2, -0.15) is 13.2 Å². The van der Waals surface area contributed by atoms with Crippen LogP contribution in [0.4, 0.5) is 39.5 Å². The van der Waals surface area contributed by atoms with Gasteiger partial charge in [0.2, 0.25) is 0 Å². The van der Waals surface area contributed by atoms with Gasteiger partial charge in [0.25, 0.3) is 0 Å². The summed E-state index contributed by atoms with van der Waals surface area (Å²) in [7, 11) is 0. The van der Waals surface area contributed by atoms with E-state index in [1.807, 2.05) is 0 Å². The van der Waals surface area contributed by atoms with E-state index in [1.165, 1.54) is 6.92 Å². The molecule has 0 saturated carbocycles. The molecule has 0 saturated heterocycles. The minimum atomic E-state index is -4.84. The normalized spacial score (nSPS) is 13.1. The van der Waals surface area contributed by atoms with Gasteiger partial charge in [0.05, 0.1) is 17.2 Å². The van der Waals surface area contributed by atoms with Gasteiger partial charge in [0.15, 0.2) is 0 Å². The predicted octanol–water partition coefficient (Wildman–Crippen LogP) is 7.48. The van der Waals surface area contributed by atoms with Crippen molar-refractivity contribution in [2.75, 3.05) is 0 Å². The first-order valence-corrected chi connectivity index (χ1v) is 9.20. The zero-order valence-corrected chi connectivity index (χ0v) is 16.5. The SMILES string of the molecule is CC(O)c1cc(F)c(-c2cc(F)c(-c3cc(F)c(/C=C/C(F)(F)F)c(F)c3)c(F)c2)c(F)c1. The lowest BCUT2D eigenvalue weighted by Crippen LogP contribution is -2.02. The second-order valence-corrected chi connectivity index (χ2v) is 7.08. The smallest absolute Gasteiger partial charge is 0.389 e. The van der Waals surface area contributed by atoms with Crippen LogP contribution >= 0.6 is 0 Å². The standard InChI is InChI=1S/C23H13F9O/c1-10(33)11-4-17(26)22(18(27)5-11)13-8-19(28)21(20(29)9-13)12-6-15(24)14(16(25)7-12)2-3-23(30,31)32/h2-10,33H,1H3/b3-2+. The maximum absolute atomic E-state index is 14.7. The van der Waals surface area contributed by atoms with E-state index in [9.17, 15) is 44.6 Å². The van der Waals surface area contributed by atoms with Crippen molar-refractivity contribution in [3.63, 3.8) is 0 Å². The Morgan fingerprint density at radius 3 is 1.39 bits per heavy atom. The van der Waals surface area contributed by atoms with Crippen molar-refractivity contribution in [3.05, 3.63) is 88.5 Å². The Hall–Kier alpha value is -3.27. The molecule has 0 aliphatic rings. The van der Waals surface area contributed by atoms with Crippen LogP contribution in [0.15, 0.2) is 42.5 Å². The largest absolute Gasteiger partial charge is 0.409 e. The third-order valence-corrected chi connectivity index (χ3v) is 4.68. The Balaban J connectivity index is 2.09. The highest BCUT2D eigenvalue weighted by Crippen LogP contribution is 2.35. The van der Waals surface area contributed by atoms with Crippen LogP contribution in [0.2, 0.25) is 0 Å². The van der Waals surface area contributed by atoms with Crippen molar-refractivity contribution in [3.8, 4) is 22.3 Å². The van der Waals surface area contributed by atoms with Crippen molar-refractivity contribution < 1.29 is 44.6 Å². The highest BCUT2D eigenvalue weighted by molar-refractivity contribution is 5.73. The molecule has 0 fully saturated rings. The maximum atomic E-state index is 14.7. The van der Waals surface area contributed by atoms with E-state index in [0.29, 0.717) is 24.3 Å². The van der Waals surface area contributed by atoms with Crippen LogP contribution in [0, 0.1) is 34.9 Å². The molecule has 3 aromatic rings. The number of aliphatic hydroxyl groups excluding tert-OH is 1. The molecule has 0 radical (unpaired) electrons. The third kappa shape index (κ3) is 5.22. The number of hydrogen-bond donors (Lipinski definition) is 1. The van der Waals surface area contributed by atoms with Crippen molar-refractivity contribution in [1.82, 2.24) is 0 Å². The van der Waals surface area contributed by atoms with Crippen LogP contribution in [0.1, 0.15) is 24.2 Å². The van der Waals surface area contributed by atoms with Gasteiger partial charge >= 0.3 is 6.18 Å². The quantitative estimate of drug-likeness (QED) is 0.387. The van der Waals surface area contributed by atoms with E-state index in [2.05, 4.69) is 0 Å². The summed E-state index contributed by atoms with van der Waals surface area (Å²) in [6.45, 7) is 1.25. The van der Waals surface area contributed by atoms with E-state index in [0.717, 1.165) is 12.1 Å². The third-order valence-electron chi connectivity index (χ3n) is 4.68. The molecule has 3 aromatic carbocycles. The van der Waals surface area contributed by atoms with Gasteiger partial charge in [-0.1, -0.05) is 0 Å². The fourth-order valence-electron chi connectivity index (χ4n) is 3.17. The van der Waals surface area contributed by atoms with Gasteiger partial charge in [-0.15, -0.1) is 0 Å². The Kier molecular flexibility index (Phi) is 6.60. The summed E-state index contributed by atoms with van der Waals surface area (Å²) in [6, 6.07) is 3.50. The first-order chi connectivity index (χ1) is 15.3. The maximum Gasteiger partial charge on any atom is 0.409 e. The molecule has 0 bridgehead atoms. The monoisotopic (exact) mass is 476 g/mol. The minimum absolute atomic E-state index is 0.114. The van der Waals surface area contributed by atoms with Crippen LogP contribution < -0.4 is 0 Å². The molecule has 1 N–H and O–H groups in total. The number of aliphatic hydroxyl groups is 1. The summed E-state index contributed by atoms with van der Waals surface area (Å²) in [5.41, 5.74) is -4.18. The molecule has 3 rings (SSSR count). The second kappa shape index (κ2) is 8.93. The van der Waals surface area contributed by atoms with E-state index in [4.69, 9.17) is 0 Å². The number of halogens is 9. The summed E-state index contributed by atoms with van der Waals surface area (Å²) in [4.78, 5) is 0. The van der Waals surface area contributed by atoms with Crippen molar-refractivity contribution in [2.45, 2.75) is 19.2 Å². The molecule has 0 spiro atoms. The van der Waals surface area contributed by atoms with Crippen LogP contribution in [0.3, 0.4) is 0 Å². The number of rotatable bonds is 4. The number of benzene rings is 3. The molecule has 1 nitrogen and oxygen atoms in total. The van der Waals surface area contributed by atoms with Crippen LogP contribution in [0.25, 0.3) is 28.3 Å². The van der Waals surface area contributed by atoms with Gasteiger partial charge in [0, 0.05) is 11.6 Å². The molecular weight excluding hydrogens is 463 g/mol. The zero-order valence-electron chi connectivity index (χ0n) is 16.5. The lowest BCUT2D eigenvalue weighted by Gasteiger charge is -2.13. The van der Waals surface area contributed by atoms with Gasteiger partial charge in [-0.3, -0.25) is 0 Å². The molecule has 10 heteroatoms. The molecule has 0 amide bonds. The van der Waals surface area contributed by atoms with Crippen molar-refractivity contribution >= 4 is 6.08 Å².